The van der Waals surface area contributed by atoms with Crippen molar-refractivity contribution in [3.8, 4) is 0 Å². The standard InChI is InChI=1S/C23H29FN2O3/c24-20-8-4-7-19(15-20)11-13-25-17-23(29)12-14-26(16-21(23)27)22(28)10-9-18-5-2-1-3-6-18/h1-8,15,21,25,27,29H,9-14,16-17H2/t21-,23-/m0/s1. The zero-order valence-corrected chi connectivity index (χ0v) is 16.6. The Morgan fingerprint density at radius 2 is 1.90 bits per heavy atom. The second kappa shape index (κ2) is 9.96. The van der Waals surface area contributed by atoms with Crippen LogP contribution in [0.5, 0.6) is 0 Å². The molecule has 1 heterocycles. The zero-order chi connectivity index (χ0) is 20.7. The van der Waals surface area contributed by atoms with Crippen LogP contribution in [-0.4, -0.2) is 58.9 Å². The Bertz CT molecular complexity index is 802. The van der Waals surface area contributed by atoms with Crippen LogP contribution >= 0.6 is 0 Å². The van der Waals surface area contributed by atoms with Crippen LogP contribution in [-0.2, 0) is 17.6 Å². The summed E-state index contributed by atoms with van der Waals surface area (Å²) in [7, 11) is 0. The summed E-state index contributed by atoms with van der Waals surface area (Å²) in [6.07, 6.45) is 1.00. The van der Waals surface area contributed by atoms with Crippen LogP contribution < -0.4 is 5.32 Å². The topological polar surface area (TPSA) is 72.8 Å². The molecule has 0 aliphatic carbocycles. The Morgan fingerprint density at radius 3 is 2.62 bits per heavy atom. The molecule has 0 saturated carbocycles. The highest BCUT2D eigenvalue weighted by molar-refractivity contribution is 5.76. The van der Waals surface area contributed by atoms with Gasteiger partial charge in [0.25, 0.3) is 0 Å². The number of carbonyl (C=O) groups excluding carboxylic acids is 1. The van der Waals surface area contributed by atoms with Crippen molar-refractivity contribution in [2.24, 2.45) is 0 Å². The van der Waals surface area contributed by atoms with Gasteiger partial charge in [0, 0.05) is 26.1 Å². The van der Waals surface area contributed by atoms with E-state index in [1.54, 1.807) is 11.0 Å². The predicted octanol–water partition coefficient (Wildman–Crippen LogP) is 1.91. The number of piperidine rings is 1. The predicted molar refractivity (Wildman–Crippen MR) is 110 cm³/mol. The second-order valence-corrected chi connectivity index (χ2v) is 7.75. The summed E-state index contributed by atoms with van der Waals surface area (Å²) >= 11 is 0. The second-order valence-electron chi connectivity index (χ2n) is 7.75. The maximum Gasteiger partial charge on any atom is 0.222 e. The number of amides is 1. The van der Waals surface area contributed by atoms with Crippen LogP contribution in [0.1, 0.15) is 24.0 Å². The molecule has 1 aliphatic heterocycles. The molecule has 1 aliphatic rings. The van der Waals surface area contributed by atoms with Crippen molar-refractivity contribution in [3.63, 3.8) is 0 Å². The third kappa shape index (κ3) is 6.10. The Hall–Kier alpha value is -2.28. The van der Waals surface area contributed by atoms with Gasteiger partial charge in [0.1, 0.15) is 17.5 Å². The number of likely N-dealkylation sites (tertiary alicyclic amines) is 1. The number of carbonyl (C=O) groups is 1. The van der Waals surface area contributed by atoms with Gasteiger partial charge in [-0.05, 0) is 49.1 Å². The molecule has 0 unspecified atom stereocenters. The minimum atomic E-state index is -1.27. The molecule has 29 heavy (non-hydrogen) atoms. The minimum absolute atomic E-state index is 0.00554. The lowest BCUT2D eigenvalue weighted by atomic mass is 9.88. The molecule has 156 valence electrons. The lowest BCUT2D eigenvalue weighted by Gasteiger charge is -2.42. The van der Waals surface area contributed by atoms with E-state index in [9.17, 15) is 19.4 Å². The van der Waals surface area contributed by atoms with Gasteiger partial charge in [0.2, 0.25) is 5.91 Å². The Labute approximate surface area is 171 Å². The number of nitrogens with zero attached hydrogens (tertiary/aromatic N) is 1. The molecule has 6 heteroatoms. The largest absolute Gasteiger partial charge is 0.388 e. The normalized spacial score (nSPS) is 21.9. The number of hydrogen-bond acceptors (Lipinski definition) is 4. The highest BCUT2D eigenvalue weighted by Crippen LogP contribution is 2.23. The molecule has 2 aromatic rings. The number of aliphatic hydroxyl groups excluding tert-OH is 1. The van der Waals surface area contributed by atoms with Gasteiger partial charge in [-0.1, -0.05) is 42.5 Å². The summed E-state index contributed by atoms with van der Waals surface area (Å²) in [5.41, 5.74) is 0.722. The van der Waals surface area contributed by atoms with Gasteiger partial charge in [-0.2, -0.15) is 0 Å². The third-order valence-electron chi connectivity index (χ3n) is 5.56. The first-order valence-corrected chi connectivity index (χ1v) is 10.1. The van der Waals surface area contributed by atoms with E-state index in [0.717, 1.165) is 11.1 Å². The number of halogens is 1. The van der Waals surface area contributed by atoms with E-state index >= 15 is 0 Å². The molecule has 0 spiro atoms. The fraction of sp³-hybridized carbons (Fsp3) is 0.435. The maximum atomic E-state index is 13.2. The third-order valence-corrected chi connectivity index (χ3v) is 5.56. The van der Waals surface area contributed by atoms with Crippen molar-refractivity contribution in [1.82, 2.24) is 10.2 Å². The fourth-order valence-corrected chi connectivity index (χ4v) is 3.68. The Morgan fingerprint density at radius 1 is 1.14 bits per heavy atom. The summed E-state index contributed by atoms with van der Waals surface area (Å²) in [5.74, 6) is -0.269. The molecular weight excluding hydrogens is 371 g/mol. The van der Waals surface area contributed by atoms with E-state index in [1.165, 1.54) is 12.1 Å². The van der Waals surface area contributed by atoms with E-state index in [4.69, 9.17) is 0 Å². The van der Waals surface area contributed by atoms with Crippen LogP contribution in [0.4, 0.5) is 4.39 Å². The zero-order valence-electron chi connectivity index (χ0n) is 16.6. The summed E-state index contributed by atoms with van der Waals surface area (Å²) in [5, 5.41) is 24.4. The van der Waals surface area contributed by atoms with Crippen LogP contribution in [0.15, 0.2) is 54.6 Å². The lowest BCUT2D eigenvalue weighted by molar-refractivity contribution is -0.148. The molecule has 1 fully saturated rings. The quantitative estimate of drug-likeness (QED) is 0.592. The number of rotatable bonds is 8. The molecule has 0 radical (unpaired) electrons. The van der Waals surface area contributed by atoms with Gasteiger partial charge in [0.15, 0.2) is 0 Å². The molecule has 2 atom stereocenters. The van der Waals surface area contributed by atoms with Crippen molar-refractivity contribution in [3.05, 3.63) is 71.5 Å². The number of hydrogen-bond donors (Lipinski definition) is 3. The van der Waals surface area contributed by atoms with Gasteiger partial charge in [-0.3, -0.25) is 4.79 Å². The molecule has 0 bridgehead atoms. The molecular formula is C23H29FN2O3. The Balaban J connectivity index is 1.41. The summed E-state index contributed by atoms with van der Waals surface area (Å²) in [6, 6.07) is 16.3. The van der Waals surface area contributed by atoms with Crippen molar-refractivity contribution >= 4 is 5.91 Å². The first-order chi connectivity index (χ1) is 14.0. The number of benzene rings is 2. The highest BCUT2D eigenvalue weighted by atomic mass is 19.1. The average molecular weight is 400 g/mol. The van der Waals surface area contributed by atoms with Gasteiger partial charge in [-0.25, -0.2) is 4.39 Å². The molecule has 0 aromatic heterocycles. The first-order valence-electron chi connectivity index (χ1n) is 10.1. The molecule has 5 nitrogen and oxygen atoms in total. The van der Waals surface area contributed by atoms with E-state index in [1.807, 2.05) is 36.4 Å². The van der Waals surface area contributed by atoms with Crippen LogP contribution in [0.2, 0.25) is 0 Å². The van der Waals surface area contributed by atoms with Gasteiger partial charge in [0.05, 0.1) is 0 Å². The average Bonchev–Trinajstić information content (AvgIpc) is 2.72. The van der Waals surface area contributed by atoms with Gasteiger partial charge in [-0.15, -0.1) is 0 Å². The van der Waals surface area contributed by atoms with Gasteiger partial charge >= 0.3 is 0 Å². The van der Waals surface area contributed by atoms with E-state index in [0.29, 0.717) is 38.8 Å². The highest BCUT2D eigenvalue weighted by Gasteiger charge is 2.41. The number of nitrogens with one attached hydrogen (secondary N) is 1. The number of aryl methyl sites for hydroxylation is 1. The molecule has 2 aromatic carbocycles. The van der Waals surface area contributed by atoms with Crippen molar-refractivity contribution in [1.29, 1.82) is 0 Å². The smallest absolute Gasteiger partial charge is 0.222 e. The maximum absolute atomic E-state index is 13.2. The lowest BCUT2D eigenvalue weighted by Crippen LogP contribution is -2.60. The van der Waals surface area contributed by atoms with Crippen LogP contribution in [0, 0.1) is 5.82 Å². The monoisotopic (exact) mass is 400 g/mol. The Kier molecular flexibility index (Phi) is 7.36. The van der Waals surface area contributed by atoms with Crippen LogP contribution in [0.25, 0.3) is 0 Å². The molecule has 3 rings (SSSR count). The van der Waals surface area contributed by atoms with Crippen LogP contribution in [0.3, 0.4) is 0 Å². The summed E-state index contributed by atoms with van der Waals surface area (Å²) in [6.45, 7) is 1.36. The van der Waals surface area contributed by atoms with Crippen molar-refractivity contribution < 1.29 is 19.4 Å². The van der Waals surface area contributed by atoms with Gasteiger partial charge < -0.3 is 20.4 Å². The molecule has 3 N–H and O–H groups in total. The molecule has 1 amide bonds. The first kappa shape index (κ1) is 21.4. The molecule has 1 saturated heterocycles. The summed E-state index contributed by atoms with van der Waals surface area (Å²) < 4.78 is 13.2. The number of aliphatic hydroxyl groups is 2. The van der Waals surface area contributed by atoms with E-state index in [2.05, 4.69) is 5.32 Å². The van der Waals surface area contributed by atoms with Crippen molar-refractivity contribution in [2.45, 2.75) is 37.4 Å². The summed E-state index contributed by atoms with van der Waals surface area (Å²) in [4.78, 5) is 14.1. The van der Waals surface area contributed by atoms with Crippen molar-refractivity contribution in [2.75, 3.05) is 26.2 Å². The van der Waals surface area contributed by atoms with E-state index < -0.39 is 11.7 Å². The number of β-amino-alcohol motifs (C(OH)–C–C–N with tert-alkyl or cyclic N) is 1. The van der Waals surface area contributed by atoms with E-state index in [-0.39, 0.29) is 24.8 Å². The fourth-order valence-electron chi connectivity index (χ4n) is 3.68. The SMILES string of the molecule is O=C(CCc1ccccc1)N1CC[C@](O)(CNCCc2cccc(F)c2)[C@@H](O)C1. The minimum Gasteiger partial charge on any atom is -0.388 e.